The number of rotatable bonds is 3. The van der Waals surface area contributed by atoms with Crippen molar-refractivity contribution in [2.45, 2.75) is 19.1 Å². The van der Waals surface area contributed by atoms with Gasteiger partial charge in [0.15, 0.2) is 6.10 Å². The Morgan fingerprint density at radius 1 is 1.39 bits per heavy atom. The Hall–Kier alpha value is -1.43. The van der Waals surface area contributed by atoms with Gasteiger partial charge in [0, 0.05) is 11.7 Å². The molecule has 0 bridgehead atoms. The molecule has 2 unspecified atom stereocenters. The van der Waals surface area contributed by atoms with Crippen LogP contribution >= 0.6 is 0 Å². The molecule has 0 aliphatic carbocycles. The molecule has 1 heterocycles. The van der Waals surface area contributed by atoms with Gasteiger partial charge in [-0.05, 0) is 24.6 Å². The lowest BCUT2D eigenvalue weighted by atomic mass is 10.1. The summed E-state index contributed by atoms with van der Waals surface area (Å²) >= 11 is 0. The molecule has 0 spiro atoms. The van der Waals surface area contributed by atoms with E-state index in [1.807, 2.05) is 31.2 Å². The van der Waals surface area contributed by atoms with Gasteiger partial charge in [-0.2, -0.15) is 0 Å². The Morgan fingerprint density at radius 3 is 2.67 bits per heavy atom. The van der Waals surface area contributed by atoms with Crippen LogP contribution in [0, 0.1) is 0 Å². The van der Waals surface area contributed by atoms with Crippen molar-refractivity contribution in [1.29, 1.82) is 0 Å². The van der Waals surface area contributed by atoms with Gasteiger partial charge in [-0.15, -0.1) is 0 Å². The summed E-state index contributed by atoms with van der Waals surface area (Å²) in [5, 5.41) is 2.79. The molecular formula is C13H18N2O3. The van der Waals surface area contributed by atoms with Gasteiger partial charge in [0.2, 0.25) is 0 Å². The number of nitrogens with two attached hydrogens (primary N) is 1. The van der Waals surface area contributed by atoms with Crippen LogP contribution < -0.4 is 11.1 Å². The second-order valence-corrected chi connectivity index (χ2v) is 4.33. The van der Waals surface area contributed by atoms with Crippen molar-refractivity contribution in [1.82, 2.24) is 0 Å². The van der Waals surface area contributed by atoms with E-state index in [2.05, 4.69) is 5.32 Å². The molecule has 0 aromatic heterocycles. The van der Waals surface area contributed by atoms with Gasteiger partial charge in [0.1, 0.15) is 0 Å². The molecule has 2 rings (SSSR count). The first-order valence-electron chi connectivity index (χ1n) is 6.02. The van der Waals surface area contributed by atoms with E-state index in [1.165, 1.54) is 0 Å². The second-order valence-electron chi connectivity index (χ2n) is 4.33. The van der Waals surface area contributed by atoms with Crippen LogP contribution in [0.3, 0.4) is 0 Å². The summed E-state index contributed by atoms with van der Waals surface area (Å²) in [5.74, 6) is -0.178. The zero-order chi connectivity index (χ0) is 13.0. The highest BCUT2D eigenvalue weighted by Gasteiger charge is 2.22. The smallest absolute Gasteiger partial charge is 0.255 e. The molecule has 1 saturated heterocycles. The fraction of sp³-hybridized carbons (Fsp3) is 0.462. The Morgan fingerprint density at radius 2 is 2.11 bits per heavy atom. The van der Waals surface area contributed by atoms with Crippen LogP contribution in [0.1, 0.15) is 18.5 Å². The summed E-state index contributed by atoms with van der Waals surface area (Å²) in [6.45, 7) is 3.24. The largest absolute Gasteiger partial charge is 0.376 e. The predicted octanol–water partition coefficient (Wildman–Crippen LogP) is 1.06. The van der Waals surface area contributed by atoms with Crippen molar-refractivity contribution >= 4 is 11.6 Å². The average molecular weight is 250 g/mol. The van der Waals surface area contributed by atoms with E-state index in [0.29, 0.717) is 19.8 Å². The lowest BCUT2D eigenvalue weighted by Gasteiger charge is -2.22. The lowest BCUT2D eigenvalue weighted by Crippen LogP contribution is -2.39. The first kappa shape index (κ1) is 13.0. The minimum atomic E-state index is -0.521. The van der Waals surface area contributed by atoms with Crippen molar-refractivity contribution < 1.29 is 14.3 Å². The lowest BCUT2D eigenvalue weighted by molar-refractivity contribution is -0.142. The molecule has 0 saturated carbocycles. The summed E-state index contributed by atoms with van der Waals surface area (Å²) in [5.41, 5.74) is 7.53. The van der Waals surface area contributed by atoms with E-state index >= 15 is 0 Å². The Labute approximate surface area is 106 Å². The molecule has 2 atom stereocenters. The molecule has 1 aliphatic heterocycles. The summed E-state index contributed by atoms with van der Waals surface area (Å²) in [4.78, 5) is 11.8. The van der Waals surface area contributed by atoms with Gasteiger partial charge in [-0.25, -0.2) is 0 Å². The number of hydrogen-bond acceptors (Lipinski definition) is 4. The van der Waals surface area contributed by atoms with Gasteiger partial charge in [0.05, 0.1) is 19.8 Å². The molecular weight excluding hydrogens is 232 g/mol. The number of hydrogen-bond donors (Lipinski definition) is 2. The Kier molecular flexibility index (Phi) is 4.30. The van der Waals surface area contributed by atoms with Crippen LogP contribution in [0.4, 0.5) is 5.69 Å². The first-order valence-corrected chi connectivity index (χ1v) is 6.02. The number of nitrogens with one attached hydrogen (secondary N) is 1. The second kappa shape index (κ2) is 5.95. The molecule has 1 aromatic carbocycles. The van der Waals surface area contributed by atoms with Crippen molar-refractivity contribution in [2.24, 2.45) is 5.73 Å². The zero-order valence-corrected chi connectivity index (χ0v) is 10.4. The van der Waals surface area contributed by atoms with E-state index in [-0.39, 0.29) is 11.9 Å². The molecule has 98 valence electrons. The van der Waals surface area contributed by atoms with E-state index in [0.717, 1.165) is 11.3 Å². The quantitative estimate of drug-likeness (QED) is 0.841. The van der Waals surface area contributed by atoms with Crippen LogP contribution in [0.5, 0.6) is 0 Å². The zero-order valence-electron chi connectivity index (χ0n) is 10.4. The molecule has 1 amide bonds. The van der Waals surface area contributed by atoms with E-state index in [4.69, 9.17) is 15.2 Å². The third-order valence-electron chi connectivity index (χ3n) is 2.81. The van der Waals surface area contributed by atoms with Crippen LogP contribution in [0.2, 0.25) is 0 Å². The molecule has 1 aliphatic rings. The highest BCUT2D eigenvalue weighted by molar-refractivity contribution is 5.94. The van der Waals surface area contributed by atoms with E-state index < -0.39 is 6.10 Å². The number of benzene rings is 1. The van der Waals surface area contributed by atoms with E-state index in [9.17, 15) is 4.79 Å². The SMILES string of the molecule is CC(N)c1ccc(NC(=O)C2COCCO2)cc1. The number of carbonyl (C=O) groups excluding carboxylic acids is 1. The molecule has 5 heteroatoms. The van der Waals surface area contributed by atoms with Crippen LogP contribution in [0.15, 0.2) is 24.3 Å². The predicted molar refractivity (Wildman–Crippen MR) is 68.2 cm³/mol. The summed E-state index contributed by atoms with van der Waals surface area (Å²) in [7, 11) is 0. The van der Waals surface area contributed by atoms with Gasteiger partial charge >= 0.3 is 0 Å². The standard InChI is InChI=1S/C13H18N2O3/c1-9(14)10-2-4-11(5-3-10)15-13(16)12-8-17-6-7-18-12/h2-5,9,12H,6-8,14H2,1H3,(H,15,16). The third kappa shape index (κ3) is 3.29. The number of anilines is 1. The normalized spacial score (nSPS) is 21.3. The maximum Gasteiger partial charge on any atom is 0.255 e. The van der Waals surface area contributed by atoms with Gasteiger partial charge < -0.3 is 20.5 Å². The summed E-state index contributed by atoms with van der Waals surface area (Å²) in [6.07, 6.45) is -0.521. The summed E-state index contributed by atoms with van der Waals surface area (Å²) < 4.78 is 10.5. The molecule has 18 heavy (non-hydrogen) atoms. The molecule has 1 fully saturated rings. The third-order valence-corrected chi connectivity index (χ3v) is 2.81. The highest BCUT2D eigenvalue weighted by atomic mass is 16.6. The van der Waals surface area contributed by atoms with Crippen molar-refractivity contribution in [2.75, 3.05) is 25.1 Å². The molecule has 0 radical (unpaired) electrons. The van der Waals surface area contributed by atoms with Gasteiger partial charge in [-0.3, -0.25) is 4.79 Å². The molecule has 1 aromatic rings. The van der Waals surface area contributed by atoms with Crippen LogP contribution in [-0.4, -0.2) is 31.8 Å². The van der Waals surface area contributed by atoms with Crippen molar-refractivity contribution in [3.05, 3.63) is 29.8 Å². The Balaban J connectivity index is 1.94. The summed E-state index contributed by atoms with van der Waals surface area (Å²) in [6, 6.07) is 7.46. The highest BCUT2D eigenvalue weighted by Crippen LogP contribution is 2.15. The minimum absolute atomic E-state index is 0.00942. The van der Waals surface area contributed by atoms with Crippen LogP contribution in [0.25, 0.3) is 0 Å². The number of carbonyl (C=O) groups is 1. The number of amides is 1. The number of ether oxygens (including phenoxy) is 2. The molecule has 3 N–H and O–H groups in total. The maximum absolute atomic E-state index is 11.8. The monoisotopic (exact) mass is 250 g/mol. The fourth-order valence-electron chi connectivity index (χ4n) is 1.73. The van der Waals surface area contributed by atoms with E-state index in [1.54, 1.807) is 0 Å². The topological polar surface area (TPSA) is 73.6 Å². The average Bonchev–Trinajstić information content (AvgIpc) is 2.40. The fourth-order valence-corrected chi connectivity index (χ4v) is 1.73. The Bertz CT molecular complexity index is 397. The van der Waals surface area contributed by atoms with Gasteiger partial charge in [0.25, 0.3) is 5.91 Å². The van der Waals surface area contributed by atoms with Gasteiger partial charge in [-0.1, -0.05) is 12.1 Å². The minimum Gasteiger partial charge on any atom is -0.376 e. The first-order chi connectivity index (χ1) is 8.66. The van der Waals surface area contributed by atoms with Crippen LogP contribution in [-0.2, 0) is 14.3 Å². The van der Waals surface area contributed by atoms with Crippen molar-refractivity contribution in [3.8, 4) is 0 Å². The molecule has 5 nitrogen and oxygen atoms in total. The van der Waals surface area contributed by atoms with Crippen molar-refractivity contribution in [3.63, 3.8) is 0 Å². The maximum atomic E-state index is 11.8.